The molecule has 2 aromatic rings. The smallest absolute Gasteiger partial charge is 0.331 e. The number of benzene rings is 1. The summed E-state index contributed by atoms with van der Waals surface area (Å²) in [6, 6.07) is 3.94. The molecule has 35 heavy (non-hydrogen) atoms. The van der Waals surface area contributed by atoms with Crippen LogP contribution in [0.2, 0.25) is 0 Å². The number of aryl methyl sites for hydroxylation is 1. The predicted molar refractivity (Wildman–Crippen MR) is 126 cm³/mol. The summed E-state index contributed by atoms with van der Waals surface area (Å²) in [4.78, 5) is 30.3. The molecule has 3 rings (SSSR count). The van der Waals surface area contributed by atoms with Crippen LogP contribution in [0.25, 0.3) is 6.08 Å². The molecule has 1 unspecified atom stereocenters. The Hall–Kier alpha value is -3.23. The van der Waals surface area contributed by atoms with Crippen LogP contribution >= 0.6 is 0 Å². The number of amides is 1. The van der Waals surface area contributed by atoms with Crippen molar-refractivity contribution in [3.63, 3.8) is 0 Å². The second-order valence-electron chi connectivity index (χ2n) is 8.85. The number of halogens is 2. The molecule has 2 heterocycles. The van der Waals surface area contributed by atoms with Crippen LogP contribution in [0.5, 0.6) is 5.75 Å². The van der Waals surface area contributed by atoms with Crippen LogP contribution < -0.4 is 4.74 Å². The number of aliphatic carboxylic acids is 1. The molecule has 0 aliphatic carbocycles. The van der Waals surface area contributed by atoms with Crippen molar-refractivity contribution in [2.45, 2.75) is 71.3 Å². The van der Waals surface area contributed by atoms with E-state index in [9.17, 15) is 23.5 Å². The Morgan fingerprint density at radius 2 is 2.14 bits per heavy atom. The van der Waals surface area contributed by atoms with Gasteiger partial charge in [0.2, 0.25) is 17.7 Å². The van der Waals surface area contributed by atoms with E-state index in [0.717, 1.165) is 31.0 Å². The molecule has 1 aliphatic heterocycles. The lowest BCUT2D eigenvalue weighted by molar-refractivity contribution is -0.151. The Morgan fingerprint density at radius 1 is 1.37 bits per heavy atom. The maximum Gasteiger partial charge on any atom is 0.331 e. The third-order valence-corrected chi connectivity index (χ3v) is 5.91. The normalized spacial score (nSPS) is 15.9. The number of unbranched alkanes of at least 4 members (excludes halogenated alkanes) is 1. The number of carbonyl (C=O) groups excluding carboxylic acids is 1. The van der Waals surface area contributed by atoms with Gasteiger partial charge in [-0.25, -0.2) is 18.6 Å². The number of fused-ring (bicyclic) bond motifs is 1. The molecule has 1 atom stereocenters. The highest BCUT2D eigenvalue weighted by molar-refractivity contribution is 5.85. The topological polar surface area (TPSA) is 92.9 Å². The van der Waals surface area contributed by atoms with Crippen molar-refractivity contribution < 1.29 is 32.6 Å². The highest BCUT2D eigenvalue weighted by Crippen LogP contribution is 2.34. The van der Waals surface area contributed by atoms with E-state index in [1.807, 2.05) is 19.1 Å². The quantitative estimate of drug-likeness (QED) is 0.456. The Balaban J connectivity index is 1.68. The summed E-state index contributed by atoms with van der Waals surface area (Å²) in [7, 11) is 0. The van der Waals surface area contributed by atoms with Crippen LogP contribution in [0.3, 0.4) is 0 Å². The highest BCUT2D eigenvalue weighted by Gasteiger charge is 2.37. The number of carboxylic acids is 1. The zero-order valence-corrected chi connectivity index (χ0v) is 20.4. The van der Waals surface area contributed by atoms with Gasteiger partial charge in [0.25, 0.3) is 0 Å². The van der Waals surface area contributed by atoms with Gasteiger partial charge in [-0.2, -0.15) is 0 Å². The van der Waals surface area contributed by atoms with Crippen molar-refractivity contribution in [1.29, 1.82) is 0 Å². The predicted octanol–water partition coefficient (Wildman–Crippen LogP) is 5.36. The number of ether oxygens (including phenoxy) is 1. The lowest BCUT2D eigenvalue weighted by Crippen LogP contribution is -2.43. The highest BCUT2D eigenvalue weighted by atomic mass is 19.3. The molecule has 7 nitrogen and oxygen atoms in total. The Labute approximate surface area is 203 Å². The molecule has 0 saturated carbocycles. The van der Waals surface area contributed by atoms with Gasteiger partial charge in [0, 0.05) is 25.8 Å². The maximum absolute atomic E-state index is 13.2. The van der Waals surface area contributed by atoms with Crippen LogP contribution in [-0.2, 0) is 22.4 Å². The number of hydrogen-bond acceptors (Lipinski definition) is 5. The van der Waals surface area contributed by atoms with Crippen LogP contribution in [-0.4, -0.2) is 45.9 Å². The first-order valence-corrected chi connectivity index (χ1v) is 11.9. The number of nitrogens with zero attached hydrogens (tertiary/aromatic N) is 2. The first-order chi connectivity index (χ1) is 16.6. The number of rotatable bonds is 11. The van der Waals surface area contributed by atoms with Crippen LogP contribution in [0.15, 0.2) is 28.7 Å². The number of oxazole rings is 1. The summed E-state index contributed by atoms with van der Waals surface area (Å²) in [6.07, 6.45) is 5.77. The Kier molecular flexibility index (Phi) is 8.64. The molecule has 1 aromatic heterocycles. The monoisotopic (exact) mass is 490 g/mol. The molecular formula is C26H32F2N2O5. The lowest BCUT2D eigenvalue weighted by Gasteiger charge is -2.35. The van der Waals surface area contributed by atoms with E-state index >= 15 is 0 Å². The summed E-state index contributed by atoms with van der Waals surface area (Å²) in [5, 5.41) is 9.85. The van der Waals surface area contributed by atoms with E-state index < -0.39 is 36.7 Å². The van der Waals surface area contributed by atoms with E-state index in [1.54, 1.807) is 18.2 Å². The third-order valence-electron chi connectivity index (χ3n) is 5.91. The van der Waals surface area contributed by atoms with Gasteiger partial charge in [-0.3, -0.25) is 4.79 Å². The molecule has 0 saturated heterocycles. The van der Waals surface area contributed by atoms with E-state index in [4.69, 9.17) is 9.15 Å². The minimum absolute atomic E-state index is 0.165. The van der Waals surface area contributed by atoms with Crippen molar-refractivity contribution in [2.75, 3.05) is 13.2 Å². The summed E-state index contributed by atoms with van der Waals surface area (Å²) < 4.78 is 37.9. The van der Waals surface area contributed by atoms with Crippen molar-refractivity contribution >= 4 is 18.0 Å². The molecule has 9 heteroatoms. The van der Waals surface area contributed by atoms with Gasteiger partial charge in [0.1, 0.15) is 11.5 Å². The van der Waals surface area contributed by atoms with Crippen molar-refractivity contribution in [2.24, 2.45) is 0 Å². The molecule has 190 valence electrons. The van der Waals surface area contributed by atoms with Crippen LogP contribution in [0.4, 0.5) is 8.78 Å². The summed E-state index contributed by atoms with van der Waals surface area (Å²) in [5.74, 6) is -3.06. The fourth-order valence-corrected chi connectivity index (χ4v) is 4.06. The molecule has 1 N–H and O–H groups in total. The minimum Gasteiger partial charge on any atom is -0.493 e. The SMILES string of the molecule is CCC/C=C/c1nc(CCOc2ccc3c(c2)C(C(=O)O)N(C(=O)CCC(C)(F)F)CC3)c(C)o1. The molecule has 1 aromatic carbocycles. The molecule has 0 spiro atoms. The molecule has 0 radical (unpaired) electrons. The summed E-state index contributed by atoms with van der Waals surface area (Å²) in [5.41, 5.74) is 2.02. The Morgan fingerprint density at radius 3 is 2.83 bits per heavy atom. The van der Waals surface area contributed by atoms with Gasteiger partial charge < -0.3 is 19.2 Å². The third kappa shape index (κ3) is 7.13. The van der Waals surface area contributed by atoms with E-state index in [-0.39, 0.29) is 6.54 Å². The molecule has 1 amide bonds. The zero-order chi connectivity index (χ0) is 25.6. The summed E-state index contributed by atoms with van der Waals surface area (Å²) in [6.45, 7) is 5.15. The largest absolute Gasteiger partial charge is 0.493 e. The van der Waals surface area contributed by atoms with Gasteiger partial charge in [0.15, 0.2) is 6.04 Å². The van der Waals surface area contributed by atoms with Gasteiger partial charge in [-0.05, 0) is 56.0 Å². The van der Waals surface area contributed by atoms with Crippen molar-refractivity contribution in [3.05, 3.63) is 52.7 Å². The number of carboxylic acid groups (broad SMARTS) is 1. The van der Waals surface area contributed by atoms with Crippen LogP contribution in [0, 0.1) is 6.92 Å². The Bertz CT molecular complexity index is 1070. The van der Waals surface area contributed by atoms with E-state index in [1.165, 1.54) is 4.90 Å². The summed E-state index contributed by atoms with van der Waals surface area (Å²) >= 11 is 0. The van der Waals surface area contributed by atoms with Crippen LogP contribution in [0.1, 0.15) is 74.0 Å². The number of carbonyl (C=O) groups is 2. The average Bonchev–Trinajstić information content (AvgIpc) is 3.15. The number of alkyl halides is 2. The lowest BCUT2D eigenvalue weighted by atomic mass is 9.91. The number of allylic oxidation sites excluding steroid dienone is 1. The van der Waals surface area contributed by atoms with Gasteiger partial charge in [-0.15, -0.1) is 0 Å². The number of hydrogen-bond donors (Lipinski definition) is 1. The fourth-order valence-electron chi connectivity index (χ4n) is 4.06. The minimum atomic E-state index is -2.99. The first kappa shape index (κ1) is 26.4. The van der Waals surface area contributed by atoms with Gasteiger partial charge >= 0.3 is 5.97 Å². The van der Waals surface area contributed by atoms with E-state index in [0.29, 0.717) is 42.4 Å². The van der Waals surface area contributed by atoms with Crippen molar-refractivity contribution in [3.8, 4) is 5.75 Å². The maximum atomic E-state index is 13.2. The average molecular weight is 491 g/mol. The van der Waals surface area contributed by atoms with E-state index in [2.05, 4.69) is 11.9 Å². The fraction of sp³-hybridized carbons (Fsp3) is 0.500. The first-order valence-electron chi connectivity index (χ1n) is 11.9. The number of aromatic nitrogens is 1. The van der Waals surface area contributed by atoms with Gasteiger partial charge in [-0.1, -0.05) is 25.5 Å². The second-order valence-corrected chi connectivity index (χ2v) is 8.85. The molecule has 1 aliphatic rings. The van der Waals surface area contributed by atoms with Crippen molar-refractivity contribution in [1.82, 2.24) is 9.88 Å². The van der Waals surface area contributed by atoms with Gasteiger partial charge in [0.05, 0.1) is 12.3 Å². The standard InChI is InChI=1S/C26H32F2N2O5/c1-4-5-6-7-22-29-21(17(2)35-22)12-15-34-19-9-8-18-11-14-30(23(31)10-13-26(3,27)28)24(25(32)33)20(18)16-19/h6-9,16,24H,4-5,10-15H2,1-3H3,(H,32,33)/b7-6+. The molecule has 0 fully saturated rings. The molecular weight excluding hydrogens is 458 g/mol. The zero-order valence-electron chi connectivity index (χ0n) is 20.4. The molecule has 0 bridgehead atoms. The second kappa shape index (κ2) is 11.5.